The van der Waals surface area contributed by atoms with Crippen LogP contribution >= 0.6 is 0 Å². The highest BCUT2D eigenvalue weighted by Gasteiger charge is 2.26. The Bertz CT molecular complexity index is 1070. The monoisotopic (exact) mass is 462 g/mol. The van der Waals surface area contributed by atoms with E-state index in [0.29, 0.717) is 37.2 Å². The number of imidazole rings is 1. The van der Waals surface area contributed by atoms with E-state index in [1.807, 2.05) is 47.5 Å². The van der Waals surface area contributed by atoms with Gasteiger partial charge in [-0.15, -0.1) is 0 Å². The molecule has 0 unspecified atom stereocenters. The third-order valence-electron chi connectivity index (χ3n) is 6.53. The molecule has 2 heterocycles. The third-order valence-corrected chi connectivity index (χ3v) is 6.53. The number of ether oxygens (including phenoxy) is 1. The van der Waals surface area contributed by atoms with Crippen molar-refractivity contribution < 1.29 is 9.53 Å². The van der Waals surface area contributed by atoms with E-state index in [1.165, 1.54) is 25.7 Å². The lowest BCUT2D eigenvalue weighted by molar-refractivity contribution is 0.0715. The molecule has 1 fully saturated rings. The largest absolute Gasteiger partial charge is 0.494 e. The minimum absolute atomic E-state index is 0.0317. The van der Waals surface area contributed by atoms with Crippen molar-refractivity contribution in [1.29, 1.82) is 0 Å². The molecule has 3 aromatic rings. The molecule has 2 aromatic heterocycles. The summed E-state index contributed by atoms with van der Waals surface area (Å²) in [5, 5.41) is 0. The number of fused-ring (bicyclic) bond motifs is 1. The second-order valence-corrected chi connectivity index (χ2v) is 9.84. The van der Waals surface area contributed by atoms with Crippen LogP contribution in [0.5, 0.6) is 5.75 Å². The number of hydrogen-bond acceptors (Lipinski definition) is 4. The van der Waals surface area contributed by atoms with Crippen molar-refractivity contribution in [1.82, 2.24) is 19.4 Å². The fourth-order valence-corrected chi connectivity index (χ4v) is 4.88. The molecule has 1 aliphatic rings. The van der Waals surface area contributed by atoms with Gasteiger partial charge in [-0.1, -0.05) is 46.5 Å². The molecule has 6 nitrogen and oxygen atoms in total. The lowest BCUT2D eigenvalue weighted by Crippen LogP contribution is -2.35. The first kappa shape index (κ1) is 24.2. The van der Waals surface area contributed by atoms with E-state index in [2.05, 4.69) is 30.3 Å². The number of carbonyl (C=O) groups excluding carboxylic acids is 1. The summed E-state index contributed by atoms with van der Waals surface area (Å²) in [4.78, 5) is 25.1. The van der Waals surface area contributed by atoms with Crippen molar-refractivity contribution in [2.75, 3.05) is 13.2 Å². The van der Waals surface area contributed by atoms with E-state index >= 15 is 0 Å². The quantitative estimate of drug-likeness (QED) is 0.309. The molecule has 182 valence electrons. The highest BCUT2D eigenvalue weighted by Crippen LogP contribution is 2.33. The number of unbranched alkanes of at least 4 members (excludes halogenated alkanes) is 2. The first-order valence-electron chi connectivity index (χ1n) is 12.9. The highest BCUT2D eigenvalue weighted by atomic mass is 16.5. The molecule has 1 aliphatic carbocycles. The van der Waals surface area contributed by atoms with Gasteiger partial charge < -0.3 is 14.2 Å². The molecule has 0 saturated heterocycles. The van der Waals surface area contributed by atoms with E-state index in [4.69, 9.17) is 9.72 Å². The summed E-state index contributed by atoms with van der Waals surface area (Å²) in [5.41, 5.74) is 2.53. The van der Waals surface area contributed by atoms with Crippen molar-refractivity contribution in [3.8, 4) is 5.75 Å². The number of rotatable bonds is 11. The van der Waals surface area contributed by atoms with Gasteiger partial charge in [0.1, 0.15) is 17.1 Å². The number of aromatic nitrogens is 3. The Kier molecular flexibility index (Phi) is 8.20. The van der Waals surface area contributed by atoms with Crippen LogP contribution in [0.1, 0.15) is 87.9 Å². The molecular weight excluding hydrogens is 424 g/mol. The van der Waals surface area contributed by atoms with Crippen LogP contribution in [0.2, 0.25) is 0 Å². The van der Waals surface area contributed by atoms with Crippen molar-refractivity contribution in [3.63, 3.8) is 0 Å². The normalized spacial score (nSPS) is 14.2. The standard InChI is InChI=1S/C28H38N4O2/c1-4-5-8-18-34-24-15-13-22(14-16-24)28(33)31(19-21(2)3)20-26-30-25-12-9-17-29-27(25)32(26)23-10-6-7-11-23/h9,12-17,21,23H,4-8,10-11,18-20H2,1-3H3. The minimum Gasteiger partial charge on any atom is -0.494 e. The predicted molar refractivity (Wildman–Crippen MR) is 136 cm³/mol. The number of carbonyl (C=O) groups is 1. The summed E-state index contributed by atoms with van der Waals surface area (Å²) in [7, 11) is 0. The second kappa shape index (κ2) is 11.5. The summed E-state index contributed by atoms with van der Waals surface area (Å²) in [6.45, 7) is 8.35. The third kappa shape index (κ3) is 5.78. The summed E-state index contributed by atoms with van der Waals surface area (Å²) in [6, 6.07) is 11.9. The highest BCUT2D eigenvalue weighted by molar-refractivity contribution is 5.94. The SMILES string of the molecule is CCCCCOc1ccc(C(=O)N(Cc2nc3cccnc3n2C2CCCC2)CC(C)C)cc1. The number of benzene rings is 1. The molecule has 0 N–H and O–H groups in total. The Labute approximate surface area is 203 Å². The predicted octanol–water partition coefficient (Wildman–Crippen LogP) is 6.41. The van der Waals surface area contributed by atoms with Gasteiger partial charge in [0.2, 0.25) is 0 Å². The molecule has 0 bridgehead atoms. The molecule has 1 amide bonds. The van der Waals surface area contributed by atoms with Crippen molar-refractivity contribution in [2.24, 2.45) is 5.92 Å². The van der Waals surface area contributed by atoms with Gasteiger partial charge in [-0.25, -0.2) is 9.97 Å². The zero-order valence-corrected chi connectivity index (χ0v) is 20.9. The van der Waals surface area contributed by atoms with Gasteiger partial charge in [0.15, 0.2) is 5.65 Å². The maximum atomic E-state index is 13.6. The number of nitrogens with zero attached hydrogens (tertiary/aromatic N) is 4. The fourth-order valence-electron chi connectivity index (χ4n) is 4.88. The summed E-state index contributed by atoms with van der Waals surface area (Å²) in [5.74, 6) is 2.14. The van der Waals surface area contributed by atoms with E-state index in [-0.39, 0.29) is 5.91 Å². The summed E-state index contributed by atoms with van der Waals surface area (Å²) >= 11 is 0. The molecule has 34 heavy (non-hydrogen) atoms. The van der Waals surface area contributed by atoms with Crippen LogP contribution in [0.4, 0.5) is 0 Å². The summed E-state index contributed by atoms with van der Waals surface area (Å²) < 4.78 is 8.13. The van der Waals surface area contributed by atoms with Crippen LogP contribution in [-0.2, 0) is 6.54 Å². The van der Waals surface area contributed by atoms with Crippen LogP contribution in [0.3, 0.4) is 0 Å². The number of pyridine rings is 1. The Hall–Kier alpha value is -2.89. The van der Waals surface area contributed by atoms with Crippen LogP contribution in [0.15, 0.2) is 42.6 Å². The zero-order chi connectivity index (χ0) is 23.9. The maximum Gasteiger partial charge on any atom is 0.254 e. The van der Waals surface area contributed by atoms with E-state index in [9.17, 15) is 4.79 Å². The first-order valence-corrected chi connectivity index (χ1v) is 12.9. The Morgan fingerprint density at radius 3 is 2.62 bits per heavy atom. The van der Waals surface area contributed by atoms with E-state index < -0.39 is 0 Å². The molecule has 4 rings (SSSR count). The van der Waals surface area contributed by atoms with Crippen molar-refractivity contribution in [3.05, 3.63) is 54.0 Å². The molecule has 0 radical (unpaired) electrons. The average Bonchev–Trinajstić information content (AvgIpc) is 3.48. The van der Waals surface area contributed by atoms with Gasteiger partial charge in [-0.3, -0.25) is 4.79 Å². The van der Waals surface area contributed by atoms with Crippen LogP contribution in [0, 0.1) is 5.92 Å². The van der Waals surface area contributed by atoms with Crippen LogP contribution in [0.25, 0.3) is 11.2 Å². The smallest absolute Gasteiger partial charge is 0.254 e. The van der Waals surface area contributed by atoms with Gasteiger partial charge in [0.05, 0.1) is 13.2 Å². The molecular formula is C28H38N4O2. The van der Waals surface area contributed by atoms with Gasteiger partial charge in [-0.2, -0.15) is 0 Å². The van der Waals surface area contributed by atoms with Gasteiger partial charge in [0.25, 0.3) is 5.91 Å². The Balaban J connectivity index is 1.55. The first-order chi connectivity index (χ1) is 16.6. The number of hydrogen-bond donors (Lipinski definition) is 0. The van der Waals surface area contributed by atoms with Crippen LogP contribution < -0.4 is 4.74 Å². The van der Waals surface area contributed by atoms with Gasteiger partial charge >= 0.3 is 0 Å². The molecule has 1 aromatic carbocycles. The van der Waals surface area contributed by atoms with Gasteiger partial charge in [-0.05, 0) is 61.6 Å². The molecule has 6 heteroatoms. The van der Waals surface area contributed by atoms with Crippen molar-refractivity contribution in [2.45, 2.75) is 78.3 Å². The fraction of sp³-hybridized carbons (Fsp3) is 0.536. The Morgan fingerprint density at radius 1 is 1.15 bits per heavy atom. The van der Waals surface area contributed by atoms with Crippen molar-refractivity contribution >= 4 is 17.1 Å². The van der Waals surface area contributed by atoms with E-state index in [1.54, 1.807) is 0 Å². The minimum atomic E-state index is 0.0317. The zero-order valence-electron chi connectivity index (χ0n) is 20.9. The Morgan fingerprint density at radius 2 is 1.91 bits per heavy atom. The van der Waals surface area contributed by atoms with Gasteiger partial charge in [0, 0.05) is 24.3 Å². The lowest BCUT2D eigenvalue weighted by Gasteiger charge is -2.26. The average molecular weight is 463 g/mol. The lowest BCUT2D eigenvalue weighted by atomic mass is 10.1. The molecule has 0 spiro atoms. The molecule has 0 aliphatic heterocycles. The molecule has 0 atom stereocenters. The summed E-state index contributed by atoms with van der Waals surface area (Å²) in [6.07, 6.45) is 9.99. The molecule has 1 saturated carbocycles. The topological polar surface area (TPSA) is 60.2 Å². The van der Waals surface area contributed by atoms with E-state index in [0.717, 1.165) is 42.0 Å². The number of amides is 1. The second-order valence-electron chi connectivity index (χ2n) is 9.84. The maximum absolute atomic E-state index is 13.6. The van der Waals surface area contributed by atoms with Crippen LogP contribution in [-0.4, -0.2) is 38.5 Å².